The van der Waals surface area contributed by atoms with E-state index < -0.39 is 12.7 Å². The molecule has 21 heavy (non-hydrogen) atoms. The van der Waals surface area contributed by atoms with Gasteiger partial charge in [0.25, 0.3) is 5.91 Å². The molecule has 1 aliphatic rings. The van der Waals surface area contributed by atoms with Gasteiger partial charge in [-0.3, -0.25) is 4.79 Å². The van der Waals surface area contributed by atoms with E-state index in [-0.39, 0.29) is 18.6 Å². The first-order valence-corrected chi connectivity index (χ1v) is 7.11. The molecule has 6 heteroatoms. The third kappa shape index (κ3) is 4.70. The van der Waals surface area contributed by atoms with E-state index in [1.165, 1.54) is 0 Å². The quantitative estimate of drug-likeness (QED) is 0.674. The van der Waals surface area contributed by atoms with Crippen molar-refractivity contribution in [2.75, 3.05) is 26.4 Å². The van der Waals surface area contributed by atoms with Crippen LogP contribution >= 0.6 is 0 Å². The van der Waals surface area contributed by atoms with Crippen LogP contribution in [0.3, 0.4) is 0 Å². The van der Waals surface area contributed by atoms with Gasteiger partial charge in [0.05, 0.1) is 24.4 Å². The molecular formula is C15H21NO5. The first-order chi connectivity index (χ1) is 10.2. The Balaban J connectivity index is 1.93. The number of benzene rings is 1. The van der Waals surface area contributed by atoms with Gasteiger partial charge in [-0.25, -0.2) is 0 Å². The van der Waals surface area contributed by atoms with Crippen molar-refractivity contribution in [1.82, 2.24) is 5.32 Å². The molecule has 0 aliphatic carbocycles. The summed E-state index contributed by atoms with van der Waals surface area (Å²) >= 11 is 0. The maximum atomic E-state index is 12.1. The van der Waals surface area contributed by atoms with Gasteiger partial charge in [0.1, 0.15) is 12.4 Å². The van der Waals surface area contributed by atoms with Gasteiger partial charge in [0.2, 0.25) is 0 Å². The molecule has 0 spiro atoms. The lowest BCUT2D eigenvalue weighted by Crippen LogP contribution is -2.34. The Morgan fingerprint density at radius 2 is 2.29 bits per heavy atom. The zero-order valence-electron chi connectivity index (χ0n) is 11.8. The molecule has 0 bridgehead atoms. The third-order valence-corrected chi connectivity index (χ3v) is 3.29. The molecule has 6 nitrogen and oxygen atoms in total. The van der Waals surface area contributed by atoms with Crippen molar-refractivity contribution in [2.45, 2.75) is 25.0 Å². The summed E-state index contributed by atoms with van der Waals surface area (Å²) in [5.41, 5.74) is 0.403. The Labute approximate surface area is 123 Å². The van der Waals surface area contributed by atoms with Crippen LogP contribution in [0.2, 0.25) is 0 Å². The molecule has 116 valence electrons. The van der Waals surface area contributed by atoms with E-state index in [4.69, 9.17) is 14.6 Å². The van der Waals surface area contributed by atoms with Gasteiger partial charge in [-0.2, -0.15) is 0 Å². The molecular weight excluding hydrogens is 274 g/mol. The molecule has 0 radical (unpaired) electrons. The van der Waals surface area contributed by atoms with Crippen molar-refractivity contribution in [3.05, 3.63) is 29.8 Å². The number of hydrogen-bond acceptors (Lipinski definition) is 5. The Kier molecular flexibility index (Phi) is 5.98. The summed E-state index contributed by atoms with van der Waals surface area (Å²) in [5.74, 6) is 0.148. The lowest BCUT2D eigenvalue weighted by molar-refractivity contribution is 0.0666. The molecule has 3 N–H and O–H groups in total. The highest BCUT2D eigenvalue weighted by molar-refractivity contribution is 5.96. The first-order valence-electron chi connectivity index (χ1n) is 7.11. The fraction of sp³-hybridized carbons (Fsp3) is 0.533. The van der Waals surface area contributed by atoms with Crippen molar-refractivity contribution in [2.24, 2.45) is 0 Å². The summed E-state index contributed by atoms with van der Waals surface area (Å²) < 4.78 is 11.2. The van der Waals surface area contributed by atoms with Crippen LogP contribution in [0.5, 0.6) is 5.75 Å². The largest absolute Gasteiger partial charge is 0.490 e. The van der Waals surface area contributed by atoms with Crippen molar-refractivity contribution in [3.8, 4) is 5.75 Å². The number of nitrogens with one attached hydrogen (secondary N) is 1. The highest BCUT2D eigenvalue weighted by Gasteiger charge is 2.18. The van der Waals surface area contributed by atoms with E-state index in [9.17, 15) is 9.90 Å². The number of rotatable bonds is 7. The maximum absolute atomic E-state index is 12.1. The first kappa shape index (κ1) is 15.8. The Hall–Kier alpha value is -1.63. The summed E-state index contributed by atoms with van der Waals surface area (Å²) in [5, 5.41) is 20.6. The molecule has 1 fully saturated rings. The smallest absolute Gasteiger partial charge is 0.255 e. The summed E-state index contributed by atoms with van der Waals surface area (Å²) in [6, 6.07) is 6.93. The molecule has 2 atom stereocenters. The number of aliphatic hydroxyl groups is 2. The zero-order valence-corrected chi connectivity index (χ0v) is 11.8. The molecule has 1 saturated heterocycles. The second-order valence-corrected chi connectivity index (χ2v) is 4.99. The summed E-state index contributed by atoms with van der Waals surface area (Å²) in [7, 11) is 0. The topological polar surface area (TPSA) is 88.0 Å². The molecule has 2 rings (SSSR count). The number of carbonyl (C=O) groups excluding carboxylic acids is 1. The van der Waals surface area contributed by atoms with Crippen LogP contribution in [-0.2, 0) is 4.74 Å². The number of aliphatic hydroxyl groups excluding tert-OH is 2. The second kappa shape index (κ2) is 7.97. The average molecular weight is 295 g/mol. The van der Waals surface area contributed by atoms with Crippen LogP contribution in [0.15, 0.2) is 24.3 Å². The minimum atomic E-state index is -0.964. The van der Waals surface area contributed by atoms with Crippen molar-refractivity contribution in [1.29, 1.82) is 0 Å². The summed E-state index contributed by atoms with van der Waals surface area (Å²) in [4.78, 5) is 12.1. The summed E-state index contributed by atoms with van der Waals surface area (Å²) in [6.07, 6.45) is 1.12. The molecule has 0 unspecified atom stereocenters. The Morgan fingerprint density at radius 3 is 3.00 bits per heavy atom. The predicted octanol–water partition coefficient (Wildman–Crippen LogP) is 0.327. The number of para-hydroxylation sites is 1. The third-order valence-electron chi connectivity index (χ3n) is 3.29. The van der Waals surface area contributed by atoms with Gasteiger partial charge in [0, 0.05) is 13.2 Å². The van der Waals surface area contributed by atoms with Gasteiger partial charge >= 0.3 is 0 Å². The van der Waals surface area contributed by atoms with E-state index in [0.717, 1.165) is 19.4 Å². The number of amides is 1. The molecule has 1 aliphatic heterocycles. The standard InChI is InChI=1S/C15H21NO5/c17-9-11(18)8-16-15(19)13-5-1-2-6-14(13)21-10-12-4-3-7-20-12/h1-2,5-6,11-12,17-18H,3-4,7-10H2,(H,16,19)/t11-,12+/m1/s1. The van der Waals surface area contributed by atoms with Crippen LogP contribution in [-0.4, -0.2) is 54.7 Å². The van der Waals surface area contributed by atoms with E-state index in [1.54, 1.807) is 24.3 Å². The van der Waals surface area contributed by atoms with Gasteiger partial charge in [-0.15, -0.1) is 0 Å². The van der Waals surface area contributed by atoms with Crippen molar-refractivity contribution < 1.29 is 24.5 Å². The fourth-order valence-corrected chi connectivity index (χ4v) is 2.11. The molecule has 1 aromatic rings. The number of carbonyl (C=O) groups is 1. The predicted molar refractivity (Wildman–Crippen MR) is 76.3 cm³/mol. The minimum Gasteiger partial charge on any atom is -0.490 e. The average Bonchev–Trinajstić information content (AvgIpc) is 3.04. The van der Waals surface area contributed by atoms with Crippen molar-refractivity contribution >= 4 is 5.91 Å². The minimum absolute atomic E-state index is 0.00456. The van der Waals surface area contributed by atoms with E-state index in [2.05, 4.69) is 5.32 Å². The van der Waals surface area contributed by atoms with Crippen LogP contribution in [0.4, 0.5) is 0 Å². The SMILES string of the molecule is O=C(NC[C@@H](O)CO)c1ccccc1OC[C@@H]1CCCO1. The van der Waals surface area contributed by atoms with Crippen molar-refractivity contribution in [3.63, 3.8) is 0 Å². The van der Waals surface area contributed by atoms with Gasteiger partial charge < -0.3 is 25.0 Å². The molecule has 0 aromatic heterocycles. The number of hydrogen-bond donors (Lipinski definition) is 3. The fourth-order valence-electron chi connectivity index (χ4n) is 2.11. The zero-order chi connectivity index (χ0) is 15.1. The lowest BCUT2D eigenvalue weighted by Gasteiger charge is -2.15. The Morgan fingerprint density at radius 1 is 1.48 bits per heavy atom. The highest BCUT2D eigenvalue weighted by atomic mass is 16.5. The van der Waals surface area contributed by atoms with Crippen LogP contribution in [0.25, 0.3) is 0 Å². The van der Waals surface area contributed by atoms with Gasteiger partial charge in [-0.05, 0) is 25.0 Å². The summed E-state index contributed by atoms with van der Waals surface area (Å²) in [6.45, 7) is 0.783. The Bertz CT molecular complexity index is 459. The molecule has 1 amide bonds. The second-order valence-electron chi connectivity index (χ2n) is 4.99. The normalized spacial score (nSPS) is 19.2. The molecule has 0 saturated carbocycles. The van der Waals surface area contributed by atoms with Crippen LogP contribution in [0.1, 0.15) is 23.2 Å². The van der Waals surface area contributed by atoms with E-state index in [1.807, 2.05) is 0 Å². The van der Waals surface area contributed by atoms with Gasteiger partial charge in [-0.1, -0.05) is 12.1 Å². The molecule has 1 aromatic carbocycles. The molecule has 1 heterocycles. The van der Waals surface area contributed by atoms with Gasteiger partial charge in [0.15, 0.2) is 0 Å². The van der Waals surface area contributed by atoms with Crippen LogP contribution in [0, 0.1) is 0 Å². The number of ether oxygens (including phenoxy) is 2. The monoisotopic (exact) mass is 295 g/mol. The van der Waals surface area contributed by atoms with E-state index in [0.29, 0.717) is 17.9 Å². The van der Waals surface area contributed by atoms with Crippen LogP contribution < -0.4 is 10.1 Å². The lowest BCUT2D eigenvalue weighted by atomic mass is 10.2. The maximum Gasteiger partial charge on any atom is 0.255 e. The highest BCUT2D eigenvalue weighted by Crippen LogP contribution is 2.20. The van der Waals surface area contributed by atoms with E-state index >= 15 is 0 Å².